The Kier molecular flexibility index (Phi) is 23.2. The monoisotopic (exact) mass is 615 g/mol. The Morgan fingerprint density at radius 1 is 0.535 bits per heavy atom. The van der Waals surface area contributed by atoms with Gasteiger partial charge in [-0.15, -0.1) is 0 Å². The van der Waals surface area contributed by atoms with E-state index < -0.39 is 35.9 Å². The molecular weight excluding hydrogens is 562 g/mol. The van der Waals surface area contributed by atoms with E-state index in [9.17, 15) is 28.8 Å². The van der Waals surface area contributed by atoms with E-state index in [4.69, 9.17) is 28.0 Å². The second kappa shape index (κ2) is 25.2. The first-order chi connectivity index (χ1) is 20.5. The van der Waals surface area contributed by atoms with Crippen molar-refractivity contribution in [3.63, 3.8) is 0 Å². The molecule has 0 rings (SSSR count). The van der Waals surface area contributed by atoms with Gasteiger partial charge in [0.25, 0.3) is 0 Å². The highest BCUT2D eigenvalue weighted by atomic mass is 16.4. The van der Waals surface area contributed by atoms with Gasteiger partial charge in [-0.25, -0.2) is 0 Å². The van der Waals surface area contributed by atoms with Crippen LogP contribution in [0.3, 0.4) is 0 Å². The van der Waals surface area contributed by atoms with Gasteiger partial charge in [0.2, 0.25) is 29.5 Å². The summed E-state index contributed by atoms with van der Waals surface area (Å²) in [6, 6.07) is -2.26. The van der Waals surface area contributed by atoms with E-state index in [2.05, 4.69) is 26.6 Å². The predicted molar refractivity (Wildman–Crippen MR) is 161 cm³/mol. The molecular formula is C27H53N9O7. The fraction of sp³-hybridized carbons (Fsp3) is 0.778. The van der Waals surface area contributed by atoms with Gasteiger partial charge in [0, 0.05) is 39.0 Å². The molecule has 14 N–H and O–H groups in total. The maximum Gasteiger partial charge on any atom is 0.305 e. The minimum atomic E-state index is -1.07. The molecule has 0 heterocycles. The molecule has 0 radical (unpaired) electrons. The maximum absolute atomic E-state index is 12.6. The molecule has 0 aliphatic carbocycles. The molecule has 0 unspecified atom stereocenters. The van der Waals surface area contributed by atoms with Gasteiger partial charge in [-0.05, 0) is 58.0 Å². The molecule has 43 heavy (non-hydrogen) atoms. The highest BCUT2D eigenvalue weighted by Gasteiger charge is 2.21. The van der Waals surface area contributed by atoms with Crippen molar-refractivity contribution >= 4 is 35.5 Å². The van der Waals surface area contributed by atoms with E-state index in [0.29, 0.717) is 45.3 Å². The first kappa shape index (κ1) is 39.7. The molecule has 16 nitrogen and oxygen atoms in total. The zero-order chi connectivity index (χ0) is 32.5. The van der Waals surface area contributed by atoms with Crippen LogP contribution in [0.15, 0.2) is 0 Å². The van der Waals surface area contributed by atoms with Crippen LogP contribution in [0.5, 0.6) is 0 Å². The molecule has 0 aromatic carbocycles. The van der Waals surface area contributed by atoms with Crippen LogP contribution in [0.4, 0.5) is 0 Å². The summed E-state index contributed by atoms with van der Waals surface area (Å²) in [5, 5.41) is 21.9. The summed E-state index contributed by atoms with van der Waals surface area (Å²) in [4.78, 5) is 71.9. The lowest BCUT2D eigenvalue weighted by molar-refractivity contribution is -0.137. The largest absolute Gasteiger partial charge is 0.481 e. The second-order valence-electron chi connectivity index (χ2n) is 10.3. The molecule has 0 aliphatic heterocycles. The van der Waals surface area contributed by atoms with Gasteiger partial charge < -0.3 is 54.6 Å². The number of hydrogen-bond donors (Lipinski definition) is 10. The number of carboxylic acids is 1. The van der Waals surface area contributed by atoms with E-state index in [-0.39, 0.29) is 63.0 Å². The fourth-order valence-corrected chi connectivity index (χ4v) is 3.88. The quantitative estimate of drug-likeness (QED) is 0.0446. The SMILES string of the molecule is NCCCC[C@H](N)C(=O)NCCC(=O)NCCCC[C@H](NC(=O)CCNC(=O)[C@@H](N)CCCCN)C(=O)NCCC(=O)O. The van der Waals surface area contributed by atoms with Crippen LogP contribution >= 0.6 is 0 Å². The number of nitrogens with one attached hydrogen (secondary N) is 5. The lowest BCUT2D eigenvalue weighted by atomic mass is 10.1. The van der Waals surface area contributed by atoms with Crippen LogP contribution in [0.1, 0.15) is 77.0 Å². The number of hydrogen-bond acceptors (Lipinski definition) is 10. The van der Waals surface area contributed by atoms with Crippen LogP contribution in [0, 0.1) is 0 Å². The third kappa shape index (κ3) is 21.9. The van der Waals surface area contributed by atoms with Crippen LogP contribution in [-0.2, 0) is 28.8 Å². The molecule has 3 atom stereocenters. The summed E-state index contributed by atoms with van der Waals surface area (Å²) in [5.41, 5.74) is 22.5. The van der Waals surface area contributed by atoms with Gasteiger partial charge in [0.15, 0.2) is 0 Å². The Labute approximate surface area is 253 Å². The van der Waals surface area contributed by atoms with Crippen molar-refractivity contribution < 1.29 is 33.9 Å². The van der Waals surface area contributed by atoms with Crippen molar-refractivity contribution in [3.8, 4) is 0 Å². The van der Waals surface area contributed by atoms with Gasteiger partial charge in [0.05, 0.1) is 18.5 Å². The summed E-state index contributed by atoms with van der Waals surface area (Å²) < 4.78 is 0. The lowest BCUT2D eigenvalue weighted by Crippen LogP contribution is -2.48. The average molecular weight is 616 g/mol. The molecule has 248 valence electrons. The van der Waals surface area contributed by atoms with Crippen molar-refractivity contribution in [2.75, 3.05) is 39.3 Å². The number of rotatable bonds is 26. The van der Waals surface area contributed by atoms with Crippen molar-refractivity contribution in [3.05, 3.63) is 0 Å². The Morgan fingerprint density at radius 3 is 1.51 bits per heavy atom. The molecule has 0 fully saturated rings. The van der Waals surface area contributed by atoms with Crippen molar-refractivity contribution in [1.82, 2.24) is 26.6 Å². The fourth-order valence-electron chi connectivity index (χ4n) is 3.88. The predicted octanol–water partition coefficient (Wildman–Crippen LogP) is -2.73. The van der Waals surface area contributed by atoms with Gasteiger partial charge in [-0.3, -0.25) is 28.8 Å². The van der Waals surface area contributed by atoms with Gasteiger partial charge in [0.1, 0.15) is 6.04 Å². The summed E-state index contributed by atoms with van der Waals surface area (Å²) in [6.45, 7) is 1.48. The van der Waals surface area contributed by atoms with Crippen LogP contribution in [0.25, 0.3) is 0 Å². The number of aliphatic carboxylic acids is 1. The van der Waals surface area contributed by atoms with Gasteiger partial charge >= 0.3 is 5.97 Å². The summed E-state index contributed by atoms with van der Waals surface area (Å²) in [6.07, 6.45) is 5.00. The van der Waals surface area contributed by atoms with Crippen LogP contribution < -0.4 is 49.5 Å². The molecule has 0 saturated heterocycles. The summed E-state index contributed by atoms with van der Waals surface area (Å²) >= 11 is 0. The van der Waals surface area contributed by atoms with E-state index in [0.717, 1.165) is 25.7 Å². The Bertz CT molecular complexity index is 861. The normalized spacial score (nSPS) is 12.8. The van der Waals surface area contributed by atoms with Crippen molar-refractivity contribution in [1.29, 1.82) is 0 Å². The third-order valence-electron chi connectivity index (χ3n) is 6.45. The number of nitrogens with two attached hydrogens (primary N) is 4. The lowest BCUT2D eigenvalue weighted by Gasteiger charge is -2.19. The Balaban J connectivity index is 4.49. The van der Waals surface area contributed by atoms with Gasteiger partial charge in [-0.1, -0.05) is 12.8 Å². The molecule has 0 aliphatic rings. The van der Waals surface area contributed by atoms with Crippen LogP contribution in [0.2, 0.25) is 0 Å². The van der Waals surface area contributed by atoms with E-state index in [1.165, 1.54) is 0 Å². The molecule has 0 spiro atoms. The number of amides is 5. The standard InChI is InChI=1S/C27H53N9O7/c28-13-4-1-7-19(30)25(41)33-16-10-22(37)32-15-6-3-9-21(27(43)35-18-12-24(39)40)36-23(38)11-17-34-26(42)20(31)8-2-5-14-29/h19-21H,1-18,28-31H2,(H,32,37)(H,33,41)(H,34,42)(H,35,43)(H,36,38)(H,39,40)/t19-,20-,21-/m0/s1. The first-order valence-corrected chi connectivity index (χ1v) is 15.0. The summed E-state index contributed by atoms with van der Waals surface area (Å²) in [7, 11) is 0. The van der Waals surface area contributed by atoms with E-state index in [1.807, 2.05) is 0 Å². The highest BCUT2D eigenvalue weighted by Crippen LogP contribution is 2.03. The molecule has 0 bridgehead atoms. The molecule has 5 amide bonds. The maximum atomic E-state index is 12.6. The molecule has 0 saturated carbocycles. The summed E-state index contributed by atoms with van der Waals surface area (Å²) in [5.74, 6) is -3.01. The number of carboxylic acid groups (broad SMARTS) is 1. The molecule has 16 heteroatoms. The minimum Gasteiger partial charge on any atom is -0.481 e. The second-order valence-corrected chi connectivity index (χ2v) is 10.3. The molecule has 0 aromatic heterocycles. The average Bonchev–Trinajstić information content (AvgIpc) is 2.96. The van der Waals surface area contributed by atoms with Gasteiger partial charge in [-0.2, -0.15) is 0 Å². The minimum absolute atomic E-state index is 0.0370. The first-order valence-electron chi connectivity index (χ1n) is 15.0. The zero-order valence-corrected chi connectivity index (χ0v) is 25.2. The number of carbonyl (C=O) groups excluding carboxylic acids is 5. The highest BCUT2D eigenvalue weighted by molar-refractivity contribution is 5.88. The smallest absolute Gasteiger partial charge is 0.305 e. The molecule has 0 aromatic rings. The third-order valence-corrected chi connectivity index (χ3v) is 6.45. The number of carbonyl (C=O) groups is 6. The zero-order valence-electron chi connectivity index (χ0n) is 25.2. The topological polar surface area (TPSA) is 287 Å². The van der Waals surface area contributed by atoms with E-state index in [1.54, 1.807) is 0 Å². The Morgan fingerprint density at radius 2 is 1.00 bits per heavy atom. The van der Waals surface area contributed by atoms with Crippen LogP contribution in [-0.4, -0.2) is 98.0 Å². The number of unbranched alkanes of at least 4 members (excludes halogenated alkanes) is 3. The van der Waals surface area contributed by atoms with Crippen molar-refractivity contribution in [2.24, 2.45) is 22.9 Å². The Hall–Kier alpha value is -3.34. The van der Waals surface area contributed by atoms with Crippen molar-refractivity contribution in [2.45, 2.75) is 95.2 Å². The van der Waals surface area contributed by atoms with E-state index >= 15 is 0 Å².